The molecule has 0 radical (unpaired) electrons. The number of benzene rings is 2. The largest absolute Gasteiger partial charge is 0.213 e. The first kappa shape index (κ1) is 16.4. The molecule has 0 saturated carbocycles. The van der Waals surface area contributed by atoms with E-state index in [1.54, 1.807) is 0 Å². The maximum Gasteiger partial charge on any atom is 0.213 e. The van der Waals surface area contributed by atoms with Crippen LogP contribution >= 0.6 is 0 Å². The zero-order chi connectivity index (χ0) is 17.1. The lowest BCUT2D eigenvalue weighted by molar-refractivity contribution is -0.692. The van der Waals surface area contributed by atoms with E-state index in [0.29, 0.717) is 0 Å². The molecule has 0 spiro atoms. The molecule has 122 valence electrons. The number of aromatic nitrogens is 1. The minimum Gasteiger partial charge on any atom is -0.196 e. The number of hydrogen-bond acceptors (Lipinski definition) is 0. The normalized spacial score (nSPS) is 10.8. The van der Waals surface area contributed by atoms with Crippen molar-refractivity contribution in [2.75, 3.05) is 0 Å². The van der Waals surface area contributed by atoms with E-state index in [1.807, 2.05) is 0 Å². The molecule has 1 aromatic heterocycles. The Bertz CT molecular complexity index is 827. The Balaban J connectivity index is 2.16. The molecule has 0 unspecified atom stereocenters. The summed E-state index contributed by atoms with van der Waals surface area (Å²) in [4.78, 5) is 0. The Hall–Kier alpha value is -2.41. The van der Waals surface area contributed by atoms with Crippen LogP contribution in [0.15, 0.2) is 60.7 Å². The SMILES string of the molecule is CCC[n+]1c(C)cc(-c2ccc(C)cc2)cc1-c1ccc(C)cc1. The molecule has 0 bridgehead atoms. The molecule has 1 heteroatoms. The van der Waals surface area contributed by atoms with Crippen molar-refractivity contribution in [1.82, 2.24) is 0 Å². The highest BCUT2D eigenvalue weighted by atomic mass is 15.0. The second kappa shape index (κ2) is 7.00. The first-order chi connectivity index (χ1) is 11.6. The van der Waals surface area contributed by atoms with Gasteiger partial charge < -0.3 is 0 Å². The van der Waals surface area contributed by atoms with Crippen LogP contribution in [0.4, 0.5) is 0 Å². The lowest BCUT2D eigenvalue weighted by atomic mass is 10.00. The summed E-state index contributed by atoms with van der Waals surface area (Å²) in [6, 6.07) is 22.3. The molecule has 0 N–H and O–H groups in total. The van der Waals surface area contributed by atoms with Gasteiger partial charge >= 0.3 is 0 Å². The Morgan fingerprint density at radius 2 is 1.21 bits per heavy atom. The van der Waals surface area contributed by atoms with Crippen LogP contribution in [0.3, 0.4) is 0 Å². The van der Waals surface area contributed by atoms with Crippen LogP contribution in [-0.2, 0) is 6.54 Å². The van der Waals surface area contributed by atoms with Crippen molar-refractivity contribution in [3.05, 3.63) is 77.5 Å². The van der Waals surface area contributed by atoms with Crippen LogP contribution < -0.4 is 4.57 Å². The van der Waals surface area contributed by atoms with E-state index in [-0.39, 0.29) is 0 Å². The van der Waals surface area contributed by atoms with E-state index >= 15 is 0 Å². The van der Waals surface area contributed by atoms with Gasteiger partial charge in [0.15, 0.2) is 5.69 Å². The molecule has 2 aromatic carbocycles. The predicted octanol–water partition coefficient (Wildman–Crippen LogP) is 5.64. The molecule has 3 rings (SSSR count). The number of rotatable bonds is 4. The van der Waals surface area contributed by atoms with E-state index in [1.165, 1.54) is 39.2 Å². The molecular weight excluding hydrogens is 290 g/mol. The maximum atomic E-state index is 2.43. The fourth-order valence-electron chi connectivity index (χ4n) is 3.16. The highest BCUT2D eigenvalue weighted by Crippen LogP contribution is 2.26. The maximum absolute atomic E-state index is 2.43. The third-order valence-electron chi connectivity index (χ3n) is 4.55. The van der Waals surface area contributed by atoms with Crippen LogP contribution in [0.1, 0.15) is 30.2 Å². The van der Waals surface area contributed by atoms with E-state index in [9.17, 15) is 0 Å². The highest BCUT2D eigenvalue weighted by Gasteiger charge is 2.18. The van der Waals surface area contributed by atoms with Gasteiger partial charge in [-0.1, -0.05) is 54.4 Å². The Morgan fingerprint density at radius 3 is 1.75 bits per heavy atom. The van der Waals surface area contributed by atoms with Crippen LogP contribution in [0, 0.1) is 20.8 Å². The molecule has 1 heterocycles. The molecule has 3 aromatic rings. The zero-order valence-corrected chi connectivity index (χ0v) is 15.1. The summed E-state index contributed by atoms with van der Waals surface area (Å²) in [5.74, 6) is 0. The smallest absolute Gasteiger partial charge is 0.196 e. The minimum atomic E-state index is 1.04. The molecular formula is C23H26N+. The Morgan fingerprint density at radius 1 is 0.667 bits per heavy atom. The highest BCUT2D eigenvalue weighted by molar-refractivity contribution is 5.69. The molecule has 0 fully saturated rings. The van der Waals surface area contributed by atoms with Gasteiger partial charge in [-0.25, -0.2) is 0 Å². The fourth-order valence-corrected chi connectivity index (χ4v) is 3.16. The number of aryl methyl sites for hydroxylation is 3. The lowest BCUT2D eigenvalue weighted by Gasteiger charge is -2.10. The third kappa shape index (κ3) is 3.41. The van der Waals surface area contributed by atoms with Gasteiger partial charge in [0, 0.05) is 31.0 Å². The lowest BCUT2D eigenvalue weighted by Crippen LogP contribution is -2.39. The van der Waals surface area contributed by atoms with E-state index in [4.69, 9.17) is 0 Å². The Labute approximate surface area is 145 Å². The summed E-state index contributed by atoms with van der Waals surface area (Å²) < 4.78 is 2.43. The van der Waals surface area contributed by atoms with Gasteiger partial charge in [0.2, 0.25) is 5.69 Å². The molecule has 0 amide bonds. The van der Waals surface area contributed by atoms with Gasteiger partial charge in [0.05, 0.1) is 0 Å². The van der Waals surface area contributed by atoms with Gasteiger partial charge in [0.1, 0.15) is 6.54 Å². The standard InChI is InChI=1S/C23H26N/c1-5-14-24-19(4)15-22(20-10-6-17(2)7-11-20)16-23(24)21-12-8-18(3)9-13-21/h6-13,15-16H,5,14H2,1-4H3/q+1. The van der Waals surface area contributed by atoms with E-state index in [2.05, 4.69) is 92.9 Å². The summed E-state index contributed by atoms with van der Waals surface area (Å²) in [5, 5.41) is 0. The van der Waals surface area contributed by atoms with Gasteiger partial charge in [-0.05, 0) is 37.1 Å². The van der Waals surface area contributed by atoms with E-state index in [0.717, 1.165) is 13.0 Å². The van der Waals surface area contributed by atoms with E-state index < -0.39 is 0 Å². The molecule has 0 aliphatic carbocycles. The average Bonchev–Trinajstić information content (AvgIpc) is 2.58. The van der Waals surface area contributed by atoms with Gasteiger partial charge in [-0.15, -0.1) is 0 Å². The molecule has 0 saturated heterocycles. The summed E-state index contributed by atoms with van der Waals surface area (Å²) >= 11 is 0. The first-order valence-corrected chi connectivity index (χ1v) is 8.77. The molecule has 0 aliphatic heterocycles. The third-order valence-corrected chi connectivity index (χ3v) is 4.55. The number of pyridine rings is 1. The number of nitrogens with zero attached hydrogens (tertiary/aromatic N) is 1. The van der Waals surface area contributed by atoms with Crippen molar-refractivity contribution in [2.45, 2.75) is 40.7 Å². The van der Waals surface area contributed by atoms with Crippen LogP contribution in [0.5, 0.6) is 0 Å². The predicted molar refractivity (Wildman–Crippen MR) is 102 cm³/mol. The van der Waals surface area contributed by atoms with Crippen molar-refractivity contribution in [2.24, 2.45) is 0 Å². The van der Waals surface area contributed by atoms with Crippen molar-refractivity contribution in [3.63, 3.8) is 0 Å². The van der Waals surface area contributed by atoms with Gasteiger partial charge in [-0.2, -0.15) is 4.57 Å². The summed E-state index contributed by atoms with van der Waals surface area (Å²) in [6.45, 7) is 9.76. The van der Waals surface area contributed by atoms with Crippen LogP contribution in [0.25, 0.3) is 22.4 Å². The first-order valence-electron chi connectivity index (χ1n) is 8.77. The topological polar surface area (TPSA) is 3.88 Å². The average molecular weight is 316 g/mol. The van der Waals surface area contributed by atoms with Crippen molar-refractivity contribution < 1.29 is 4.57 Å². The minimum absolute atomic E-state index is 1.04. The summed E-state index contributed by atoms with van der Waals surface area (Å²) in [6.07, 6.45) is 1.13. The van der Waals surface area contributed by atoms with Crippen molar-refractivity contribution in [1.29, 1.82) is 0 Å². The molecule has 1 nitrogen and oxygen atoms in total. The van der Waals surface area contributed by atoms with Gasteiger partial charge in [0.25, 0.3) is 0 Å². The van der Waals surface area contributed by atoms with Crippen molar-refractivity contribution in [3.8, 4) is 22.4 Å². The summed E-state index contributed by atoms with van der Waals surface area (Å²) in [7, 11) is 0. The van der Waals surface area contributed by atoms with Crippen LogP contribution in [0.2, 0.25) is 0 Å². The van der Waals surface area contributed by atoms with Gasteiger partial charge in [-0.3, -0.25) is 0 Å². The number of hydrogen-bond donors (Lipinski definition) is 0. The zero-order valence-electron chi connectivity index (χ0n) is 15.1. The second-order valence-corrected chi connectivity index (χ2v) is 6.65. The Kier molecular flexibility index (Phi) is 4.80. The molecule has 0 aliphatic rings. The van der Waals surface area contributed by atoms with Crippen molar-refractivity contribution >= 4 is 0 Å². The second-order valence-electron chi connectivity index (χ2n) is 6.65. The summed E-state index contributed by atoms with van der Waals surface area (Å²) in [5.41, 5.74) is 9.05. The quantitative estimate of drug-likeness (QED) is 0.548. The molecule has 24 heavy (non-hydrogen) atoms. The monoisotopic (exact) mass is 316 g/mol. The van der Waals surface area contributed by atoms with Crippen LogP contribution in [-0.4, -0.2) is 0 Å². The molecule has 0 atom stereocenters. The fraction of sp³-hybridized carbons (Fsp3) is 0.261.